The summed E-state index contributed by atoms with van der Waals surface area (Å²) in [5.74, 6) is 0. The van der Waals surface area contributed by atoms with Gasteiger partial charge in [0.25, 0.3) is 8.32 Å². The minimum Gasteiger partial charge on any atom is -0.404 e. The summed E-state index contributed by atoms with van der Waals surface area (Å²) in [5, 5.41) is 2.75. The lowest BCUT2D eigenvalue weighted by Crippen LogP contribution is -2.67. The van der Waals surface area contributed by atoms with E-state index in [4.69, 9.17) is 4.43 Å². The van der Waals surface area contributed by atoms with Gasteiger partial charge in [0.15, 0.2) is 0 Å². The molecule has 1 aliphatic carbocycles. The smallest absolute Gasteiger partial charge is 0.261 e. The number of halogens is 1. The van der Waals surface area contributed by atoms with Gasteiger partial charge in [-0.05, 0) is 26.3 Å². The minimum atomic E-state index is -2.40. The van der Waals surface area contributed by atoms with Crippen LogP contribution in [0.5, 0.6) is 0 Å². The maximum Gasteiger partial charge on any atom is 0.261 e. The molecule has 1 nitrogen and oxygen atoms in total. The molecule has 0 unspecified atom stereocenters. The van der Waals surface area contributed by atoms with E-state index in [1.807, 2.05) is 0 Å². The Morgan fingerprint density at radius 2 is 1.42 bits per heavy atom. The summed E-state index contributed by atoms with van der Waals surface area (Å²) in [6, 6.07) is 21.7. The summed E-state index contributed by atoms with van der Waals surface area (Å²) < 4.78 is 8.33. The zero-order valence-electron chi connectivity index (χ0n) is 14.6. The lowest BCUT2D eigenvalue weighted by atomic mass is 10.2. The van der Waals surface area contributed by atoms with Crippen LogP contribution in [0.4, 0.5) is 0 Å². The Kier molecular flexibility index (Phi) is 5.14. The second-order valence-electron chi connectivity index (χ2n) is 7.49. The van der Waals surface area contributed by atoms with E-state index in [1.165, 1.54) is 14.9 Å². The normalized spacial score (nSPS) is 18.5. The fourth-order valence-electron chi connectivity index (χ4n) is 3.67. The molecule has 0 N–H and O–H groups in total. The predicted octanol–water partition coefficient (Wildman–Crippen LogP) is 5.00. The van der Waals surface area contributed by atoms with Crippen LogP contribution >= 0.6 is 15.9 Å². The summed E-state index contributed by atoms with van der Waals surface area (Å²) in [4.78, 5) is 0. The third-order valence-electron chi connectivity index (χ3n) is 4.79. The second kappa shape index (κ2) is 6.99. The van der Waals surface area contributed by atoms with E-state index >= 15 is 0 Å². The first-order valence-corrected chi connectivity index (χ1v) is 11.3. The molecule has 3 rings (SSSR count). The molecule has 0 amide bonds. The molecule has 3 heteroatoms. The third-order valence-corrected chi connectivity index (χ3v) is 10.5. The van der Waals surface area contributed by atoms with Crippen molar-refractivity contribution in [2.75, 3.05) is 0 Å². The van der Waals surface area contributed by atoms with E-state index < -0.39 is 8.32 Å². The van der Waals surface area contributed by atoms with Gasteiger partial charge in [-0.15, -0.1) is 0 Å². The van der Waals surface area contributed by atoms with Crippen molar-refractivity contribution in [1.29, 1.82) is 0 Å². The van der Waals surface area contributed by atoms with Crippen LogP contribution in [-0.4, -0.2) is 14.4 Å². The summed E-state index contributed by atoms with van der Waals surface area (Å²) >= 11 is 3.65. The lowest BCUT2D eigenvalue weighted by Gasteiger charge is -2.44. The molecule has 1 aliphatic rings. The number of rotatable bonds is 4. The second-order valence-corrected chi connectivity index (χ2v) is 12.8. The number of hydrogen-bond acceptors (Lipinski definition) is 1. The van der Waals surface area contributed by atoms with E-state index in [1.54, 1.807) is 0 Å². The fraction of sp³-hybridized carbons (Fsp3) is 0.333. The Labute approximate surface area is 155 Å². The van der Waals surface area contributed by atoms with Gasteiger partial charge in [-0.25, -0.2) is 0 Å². The summed E-state index contributed by atoms with van der Waals surface area (Å²) in [7, 11) is -2.40. The quantitative estimate of drug-likeness (QED) is 0.655. The van der Waals surface area contributed by atoms with Gasteiger partial charge in [-0.2, -0.15) is 0 Å². The van der Waals surface area contributed by atoms with E-state index in [-0.39, 0.29) is 11.1 Å². The Morgan fingerprint density at radius 3 is 1.79 bits per heavy atom. The third kappa shape index (κ3) is 3.30. The minimum absolute atomic E-state index is 0.0464. The van der Waals surface area contributed by atoms with Gasteiger partial charge >= 0.3 is 0 Å². The highest BCUT2D eigenvalue weighted by atomic mass is 79.9. The van der Waals surface area contributed by atoms with Crippen LogP contribution < -0.4 is 10.4 Å². The van der Waals surface area contributed by atoms with Crippen molar-refractivity contribution in [3.8, 4) is 0 Å². The predicted molar refractivity (Wildman–Crippen MR) is 109 cm³/mol. The molecule has 126 valence electrons. The van der Waals surface area contributed by atoms with E-state index in [0.29, 0.717) is 0 Å². The molecule has 1 atom stereocenters. The molecule has 2 aromatic rings. The molecule has 0 spiro atoms. The summed E-state index contributed by atoms with van der Waals surface area (Å²) in [6.07, 6.45) is 4.48. The zero-order valence-corrected chi connectivity index (χ0v) is 17.2. The first kappa shape index (κ1) is 17.7. The van der Waals surface area contributed by atoms with Crippen LogP contribution in [0.25, 0.3) is 0 Å². The molecule has 0 radical (unpaired) electrons. The summed E-state index contributed by atoms with van der Waals surface area (Å²) in [6.45, 7) is 6.99. The van der Waals surface area contributed by atoms with Gasteiger partial charge < -0.3 is 4.43 Å². The molecule has 0 saturated carbocycles. The van der Waals surface area contributed by atoms with Crippen molar-refractivity contribution >= 4 is 34.6 Å². The maximum absolute atomic E-state index is 7.06. The van der Waals surface area contributed by atoms with E-state index in [2.05, 4.69) is 103 Å². The van der Waals surface area contributed by atoms with Gasteiger partial charge in [0, 0.05) is 6.42 Å². The Bertz CT molecular complexity index is 664. The highest BCUT2D eigenvalue weighted by molar-refractivity contribution is 9.11. The highest BCUT2D eigenvalue weighted by Crippen LogP contribution is 2.39. The molecule has 0 heterocycles. The SMILES string of the molecule is CC(C)(C)[Si](O[C@@H]1CC=C(Br)C1)(c1ccccc1)c1ccccc1. The van der Waals surface area contributed by atoms with Crippen molar-refractivity contribution in [2.45, 2.75) is 44.8 Å². The average molecular weight is 401 g/mol. The molecular formula is C21H25BrOSi. The first-order chi connectivity index (χ1) is 11.4. The molecule has 2 aromatic carbocycles. The van der Waals surface area contributed by atoms with Crippen LogP contribution in [0.2, 0.25) is 5.04 Å². The maximum atomic E-state index is 7.06. The number of hydrogen-bond donors (Lipinski definition) is 0. The van der Waals surface area contributed by atoms with Crippen LogP contribution in [0.15, 0.2) is 71.2 Å². The largest absolute Gasteiger partial charge is 0.404 e. The van der Waals surface area contributed by atoms with Crippen molar-refractivity contribution < 1.29 is 4.43 Å². The summed E-state index contributed by atoms with van der Waals surface area (Å²) in [5.41, 5.74) is 0. The van der Waals surface area contributed by atoms with Crippen LogP contribution in [0.3, 0.4) is 0 Å². The van der Waals surface area contributed by atoms with Crippen LogP contribution in [0.1, 0.15) is 33.6 Å². The van der Waals surface area contributed by atoms with Gasteiger partial charge in [0.05, 0.1) is 6.10 Å². The van der Waals surface area contributed by atoms with Gasteiger partial charge in [-0.3, -0.25) is 0 Å². The van der Waals surface area contributed by atoms with Crippen molar-refractivity contribution in [2.24, 2.45) is 0 Å². The fourth-order valence-corrected chi connectivity index (χ4v) is 8.92. The average Bonchev–Trinajstić information content (AvgIpc) is 2.98. The van der Waals surface area contributed by atoms with E-state index in [0.717, 1.165) is 12.8 Å². The topological polar surface area (TPSA) is 9.23 Å². The molecule has 0 saturated heterocycles. The van der Waals surface area contributed by atoms with Gasteiger partial charge in [-0.1, -0.05) is 103 Å². The lowest BCUT2D eigenvalue weighted by molar-refractivity contribution is 0.201. The Morgan fingerprint density at radius 1 is 0.917 bits per heavy atom. The Balaban J connectivity index is 2.14. The van der Waals surface area contributed by atoms with Gasteiger partial charge in [0.2, 0.25) is 0 Å². The van der Waals surface area contributed by atoms with Crippen molar-refractivity contribution in [3.05, 3.63) is 71.2 Å². The van der Waals surface area contributed by atoms with Crippen LogP contribution in [0, 0.1) is 0 Å². The number of benzene rings is 2. The highest BCUT2D eigenvalue weighted by Gasteiger charge is 2.51. The monoisotopic (exact) mass is 400 g/mol. The molecule has 0 fully saturated rings. The Hall–Kier alpha value is -1.16. The van der Waals surface area contributed by atoms with Crippen LogP contribution in [-0.2, 0) is 4.43 Å². The van der Waals surface area contributed by atoms with Crippen molar-refractivity contribution in [1.82, 2.24) is 0 Å². The molecule has 0 aliphatic heterocycles. The zero-order chi connectivity index (χ0) is 17.2. The standard InChI is InChI=1S/C21H25BrOSi/c1-21(2,3)24(19-10-6-4-7-11-19,20-12-8-5-9-13-20)23-18-15-14-17(22)16-18/h4-14,18H,15-16H2,1-3H3/t18-/m1/s1. The molecule has 24 heavy (non-hydrogen) atoms. The molecule has 0 bridgehead atoms. The van der Waals surface area contributed by atoms with Gasteiger partial charge in [0.1, 0.15) is 0 Å². The van der Waals surface area contributed by atoms with Crippen molar-refractivity contribution in [3.63, 3.8) is 0 Å². The molecule has 0 aromatic heterocycles. The molecular weight excluding hydrogens is 376 g/mol. The van der Waals surface area contributed by atoms with E-state index in [9.17, 15) is 0 Å². The first-order valence-electron chi connectivity index (χ1n) is 8.57.